The number of carbonyl (C=O) groups excluding carboxylic acids is 2. The van der Waals surface area contributed by atoms with Crippen molar-refractivity contribution in [1.82, 2.24) is 9.88 Å². The number of pyridine rings is 1. The van der Waals surface area contributed by atoms with E-state index < -0.39 is 0 Å². The number of rotatable bonds is 7. The highest BCUT2D eigenvalue weighted by Crippen LogP contribution is 2.32. The van der Waals surface area contributed by atoms with Gasteiger partial charge in [-0.25, -0.2) is 0 Å². The highest BCUT2D eigenvalue weighted by atomic mass is 32.2. The van der Waals surface area contributed by atoms with Crippen LogP contribution in [0, 0.1) is 0 Å². The van der Waals surface area contributed by atoms with E-state index in [0.29, 0.717) is 35.2 Å². The molecule has 1 aliphatic heterocycles. The quantitative estimate of drug-likeness (QED) is 0.428. The zero-order valence-corrected chi connectivity index (χ0v) is 14.5. The van der Waals surface area contributed by atoms with E-state index >= 15 is 0 Å². The van der Waals surface area contributed by atoms with Crippen LogP contribution < -0.4 is 0 Å². The fourth-order valence-corrected chi connectivity index (χ4v) is 3.28. The molecule has 0 unspecified atom stereocenters. The van der Waals surface area contributed by atoms with Crippen LogP contribution in [0.25, 0.3) is 6.08 Å². The van der Waals surface area contributed by atoms with Gasteiger partial charge in [0, 0.05) is 25.4 Å². The van der Waals surface area contributed by atoms with Crippen LogP contribution in [0.1, 0.15) is 31.7 Å². The average molecular weight is 350 g/mol. The minimum Gasteiger partial charge on any atom is -0.466 e. The Morgan fingerprint density at radius 1 is 1.52 bits per heavy atom. The number of esters is 1. The maximum Gasteiger partial charge on any atom is 0.305 e. The Morgan fingerprint density at radius 2 is 2.35 bits per heavy atom. The highest BCUT2D eigenvalue weighted by molar-refractivity contribution is 8.26. The molecule has 0 spiro atoms. The molecule has 1 aromatic heterocycles. The van der Waals surface area contributed by atoms with E-state index in [4.69, 9.17) is 17.0 Å². The number of carbonyl (C=O) groups is 2. The molecule has 122 valence electrons. The van der Waals surface area contributed by atoms with E-state index in [9.17, 15) is 9.59 Å². The number of hydrogen-bond acceptors (Lipinski definition) is 6. The summed E-state index contributed by atoms with van der Waals surface area (Å²) in [6.07, 6.45) is 6.78. The maximum atomic E-state index is 12.4. The Labute approximate surface area is 145 Å². The van der Waals surface area contributed by atoms with Crippen LogP contribution in [0.4, 0.5) is 0 Å². The number of thiocarbonyl (C=S) groups is 1. The number of thioether (sulfide) groups is 1. The molecule has 0 N–H and O–H groups in total. The standard InChI is InChI=1S/C16H18N2O3S2/c1-2-9-21-14(19)6-4-8-18-15(20)13(23-16(18)22)10-12-5-3-7-17-11-12/h3,5,7,10-11H,2,4,6,8-9H2,1H3/b13-10-. The summed E-state index contributed by atoms with van der Waals surface area (Å²) in [4.78, 5) is 30.0. The smallest absolute Gasteiger partial charge is 0.305 e. The molecule has 1 amide bonds. The summed E-state index contributed by atoms with van der Waals surface area (Å²) in [6.45, 7) is 2.81. The molecule has 7 heteroatoms. The van der Waals surface area contributed by atoms with Gasteiger partial charge in [-0.2, -0.15) is 0 Å². The number of nitrogens with zero attached hydrogens (tertiary/aromatic N) is 2. The van der Waals surface area contributed by atoms with Gasteiger partial charge >= 0.3 is 5.97 Å². The first-order valence-corrected chi connectivity index (χ1v) is 8.65. The summed E-state index contributed by atoms with van der Waals surface area (Å²) in [5.41, 5.74) is 0.858. The van der Waals surface area contributed by atoms with Crippen molar-refractivity contribution in [3.8, 4) is 0 Å². The number of amides is 1. The van der Waals surface area contributed by atoms with Crippen molar-refractivity contribution in [2.45, 2.75) is 26.2 Å². The fourth-order valence-electron chi connectivity index (χ4n) is 1.98. The third-order valence-corrected chi connectivity index (χ3v) is 4.46. The normalized spacial score (nSPS) is 16.2. The molecular weight excluding hydrogens is 332 g/mol. The lowest BCUT2D eigenvalue weighted by molar-refractivity contribution is -0.144. The third-order valence-electron chi connectivity index (χ3n) is 3.09. The van der Waals surface area contributed by atoms with Crippen LogP contribution in [0.3, 0.4) is 0 Å². The van der Waals surface area contributed by atoms with Crippen molar-refractivity contribution in [2.24, 2.45) is 0 Å². The lowest BCUT2D eigenvalue weighted by Gasteiger charge is -2.13. The minimum atomic E-state index is -0.233. The molecule has 0 bridgehead atoms. The van der Waals surface area contributed by atoms with Crippen LogP contribution >= 0.6 is 24.0 Å². The molecular formula is C16H18N2O3S2. The van der Waals surface area contributed by atoms with E-state index in [1.165, 1.54) is 16.7 Å². The Bertz CT molecular complexity index is 617. The Kier molecular flexibility index (Phi) is 6.73. The summed E-state index contributed by atoms with van der Waals surface area (Å²) < 4.78 is 5.53. The van der Waals surface area contributed by atoms with E-state index in [1.807, 2.05) is 19.1 Å². The second-order valence-corrected chi connectivity index (χ2v) is 6.62. The molecule has 1 saturated heterocycles. The van der Waals surface area contributed by atoms with Gasteiger partial charge in [0.1, 0.15) is 4.32 Å². The van der Waals surface area contributed by atoms with Crippen molar-refractivity contribution >= 4 is 46.3 Å². The topological polar surface area (TPSA) is 59.5 Å². The van der Waals surface area contributed by atoms with Crippen LogP contribution in [0.2, 0.25) is 0 Å². The zero-order valence-electron chi connectivity index (χ0n) is 12.9. The monoisotopic (exact) mass is 350 g/mol. The van der Waals surface area contributed by atoms with Crippen molar-refractivity contribution < 1.29 is 14.3 Å². The van der Waals surface area contributed by atoms with Gasteiger partial charge in [-0.3, -0.25) is 19.5 Å². The second-order valence-electron chi connectivity index (χ2n) is 4.94. The van der Waals surface area contributed by atoms with Gasteiger partial charge < -0.3 is 4.74 Å². The van der Waals surface area contributed by atoms with Crippen LogP contribution in [-0.4, -0.2) is 39.2 Å². The Balaban J connectivity index is 1.89. The molecule has 23 heavy (non-hydrogen) atoms. The predicted octanol–water partition coefficient (Wildman–Crippen LogP) is 3.02. The number of aromatic nitrogens is 1. The van der Waals surface area contributed by atoms with Crippen molar-refractivity contribution in [3.05, 3.63) is 35.0 Å². The highest BCUT2D eigenvalue weighted by Gasteiger charge is 2.31. The van der Waals surface area contributed by atoms with Gasteiger partial charge in [0.05, 0.1) is 11.5 Å². The van der Waals surface area contributed by atoms with E-state index in [-0.39, 0.29) is 11.9 Å². The van der Waals surface area contributed by atoms with Crippen molar-refractivity contribution in [2.75, 3.05) is 13.2 Å². The van der Waals surface area contributed by atoms with E-state index in [1.54, 1.807) is 18.5 Å². The van der Waals surface area contributed by atoms with Gasteiger partial charge in [-0.1, -0.05) is 37.0 Å². The van der Waals surface area contributed by atoms with Crippen LogP contribution in [-0.2, 0) is 14.3 Å². The minimum absolute atomic E-state index is 0.120. The molecule has 1 aliphatic rings. The first-order valence-electron chi connectivity index (χ1n) is 7.43. The molecule has 0 atom stereocenters. The molecule has 1 fully saturated rings. The van der Waals surface area contributed by atoms with E-state index in [0.717, 1.165) is 12.0 Å². The van der Waals surface area contributed by atoms with Crippen molar-refractivity contribution in [1.29, 1.82) is 0 Å². The fraction of sp³-hybridized carbons (Fsp3) is 0.375. The van der Waals surface area contributed by atoms with Crippen LogP contribution in [0.15, 0.2) is 29.4 Å². The summed E-state index contributed by atoms with van der Waals surface area (Å²) in [6, 6.07) is 3.69. The lowest BCUT2D eigenvalue weighted by Crippen LogP contribution is -2.29. The largest absolute Gasteiger partial charge is 0.466 e. The number of hydrogen-bond donors (Lipinski definition) is 0. The molecule has 1 aromatic rings. The summed E-state index contributed by atoms with van der Waals surface area (Å²) in [7, 11) is 0. The third kappa shape index (κ3) is 5.14. The summed E-state index contributed by atoms with van der Waals surface area (Å²) in [5.74, 6) is -0.353. The zero-order chi connectivity index (χ0) is 16.7. The Morgan fingerprint density at radius 3 is 3.04 bits per heavy atom. The average Bonchev–Trinajstić information content (AvgIpc) is 2.81. The molecule has 2 rings (SSSR count). The second kappa shape index (κ2) is 8.79. The van der Waals surface area contributed by atoms with Crippen LogP contribution in [0.5, 0.6) is 0 Å². The molecule has 2 heterocycles. The van der Waals surface area contributed by atoms with Gasteiger partial charge in [-0.15, -0.1) is 0 Å². The van der Waals surface area contributed by atoms with Gasteiger partial charge in [0.2, 0.25) is 0 Å². The molecule has 5 nitrogen and oxygen atoms in total. The Hall–Kier alpha value is -1.73. The van der Waals surface area contributed by atoms with Crippen molar-refractivity contribution in [3.63, 3.8) is 0 Å². The SMILES string of the molecule is CCCOC(=O)CCCN1C(=O)/C(=C/c2cccnc2)SC1=S. The summed E-state index contributed by atoms with van der Waals surface area (Å²) in [5, 5.41) is 0. The first kappa shape index (κ1) is 17.6. The maximum absolute atomic E-state index is 12.4. The van der Waals surface area contributed by atoms with Gasteiger partial charge in [0.25, 0.3) is 5.91 Å². The number of ether oxygens (including phenoxy) is 1. The summed E-state index contributed by atoms with van der Waals surface area (Å²) >= 11 is 6.53. The van der Waals surface area contributed by atoms with E-state index in [2.05, 4.69) is 4.98 Å². The molecule has 0 aromatic carbocycles. The first-order chi connectivity index (χ1) is 11.1. The lowest BCUT2D eigenvalue weighted by atomic mass is 10.2. The molecule has 0 saturated carbocycles. The predicted molar refractivity (Wildman–Crippen MR) is 94.6 cm³/mol. The molecule has 0 radical (unpaired) electrons. The van der Waals surface area contributed by atoms with Gasteiger partial charge in [-0.05, 0) is 30.5 Å². The van der Waals surface area contributed by atoms with Gasteiger partial charge in [0.15, 0.2) is 0 Å². The molecule has 0 aliphatic carbocycles.